The summed E-state index contributed by atoms with van der Waals surface area (Å²) in [6, 6.07) is 0. The van der Waals surface area contributed by atoms with Gasteiger partial charge in [0.15, 0.2) is 0 Å². The molecule has 7 heteroatoms. The number of alkyl halides is 3. The van der Waals surface area contributed by atoms with E-state index in [9.17, 15) is 18.0 Å². The predicted octanol–water partition coefficient (Wildman–Crippen LogP) is 1.93. The molecule has 1 aliphatic carbocycles. The summed E-state index contributed by atoms with van der Waals surface area (Å²) < 4.78 is 41.7. The zero-order valence-corrected chi connectivity index (χ0v) is 12.0. The summed E-state index contributed by atoms with van der Waals surface area (Å²) in [5, 5.41) is 0. The van der Waals surface area contributed by atoms with Gasteiger partial charge in [0.25, 0.3) is 0 Å². The van der Waals surface area contributed by atoms with Gasteiger partial charge in [-0.1, -0.05) is 6.42 Å². The first kappa shape index (κ1) is 17.2. The third-order valence-electron chi connectivity index (χ3n) is 3.84. The molecule has 0 heterocycles. The lowest BCUT2D eigenvalue weighted by molar-refractivity contribution is -0.152. The number of hydrogen-bond acceptors (Lipinski definition) is 4. The topological polar surface area (TPSA) is 55.6 Å². The van der Waals surface area contributed by atoms with Crippen LogP contribution in [0.1, 0.15) is 32.6 Å². The van der Waals surface area contributed by atoms with Gasteiger partial charge in [-0.05, 0) is 45.7 Å². The maximum absolute atomic E-state index is 12.2. The SMILES string of the molecule is CCOC(=O)C1(N)CCCC1CCN(C)CC(F)(F)F. The van der Waals surface area contributed by atoms with Crippen LogP contribution in [0.25, 0.3) is 0 Å². The van der Waals surface area contributed by atoms with Crippen LogP contribution in [0.4, 0.5) is 13.2 Å². The molecule has 2 unspecified atom stereocenters. The van der Waals surface area contributed by atoms with Gasteiger partial charge in [-0.3, -0.25) is 9.69 Å². The number of nitrogens with two attached hydrogens (primary N) is 1. The van der Waals surface area contributed by atoms with Crippen LogP contribution < -0.4 is 5.73 Å². The molecule has 0 amide bonds. The molecule has 2 atom stereocenters. The standard InChI is InChI=1S/C13H23F3N2O2/c1-3-20-11(19)12(17)7-4-5-10(12)6-8-18(2)9-13(14,15)16/h10H,3-9,17H2,1-2H3. The summed E-state index contributed by atoms with van der Waals surface area (Å²) in [5.74, 6) is -0.543. The normalized spacial score (nSPS) is 27.1. The molecule has 0 saturated heterocycles. The lowest BCUT2D eigenvalue weighted by atomic mass is 9.85. The highest BCUT2D eigenvalue weighted by Crippen LogP contribution is 2.37. The Labute approximate surface area is 117 Å². The highest BCUT2D eigenvalue weighted by atomic mass is 19.4. The van der Waals surface area contributed by atoms with Gasteiger partial charge in [-0.2, -0.15) is 13.2 Å². The van der Waals surface area contributed by atoms with Gasteiger partial charge >= 0.3 is 12.1 Å². The van der Waals surface area contributed by atoms with Crippen molar-refractivity contribution in [1.82, 2.24) is 4.90 Å². The molecule has 0 spiro atoms. The van der Waals surface area contributed by atoms with E-state index in [4.69, 9.17) is 10.5 Å². The average Bonchev–Trinajstić information content (AvgIpc) is 2.67. The van der Waals surface area contributed by atoms with Crippen LogP contribution in [0.15, 0.2) is 0 Å². The average molecular weight is 296 g/mol. The van der Waals surface area contributed by atoms with Gasteiger partial charge in [0.1, 0.15) is 5.54 Å². The van der Waals surface area contributed by atoms with E-state index < -0.39 is 24.2 Å². The van der Waals surface area contributed by atoms with Crippen molar-refractivity contribution in [3.63, 3.8) is 0 Å². The molecule has 1 saturated carbocycles. The zero-order valence-electron chi connectivity index (χ0n) is 12.0. The molecule has 1 rings (SSSR count). The fourth-order valence-corrected chi connectivity index (χ4v) is 2.80. The predicted molar refractivity (Wildman–Crippen MR) is 69.1 cm³/mol. The Bertz CT molecular complexity index is 336. The number of nitrogens with zero attached hydrogens (tertiary/aromatic N) is 1. The van der Waals surface area contributed by atoms with Crippen molar-refractivity contribution in [1.29, 1.82) is 0 Å². The molecule has 1 fully saturated rings. The van der Waals surface area contributed by atoms with Crippen molar-refractivity contribution in [2.75, 3.05) is 26.7 Å². The van der Waals surface area contributed by atoms with E-state index in [0.717, 1.165) is 12.8 Å². The Hall–Kier alpha value is -0.820. The Balaban J connectivity index is 2.52. The van der Waals surface area contributed by atoms with Crippen molar-refractivity contribution >= 4 is 5.97 Å². The molecule has 118 valence electrons. The molecule has 4 nitrogen and oxygen atoms in total. The van der Waals surface area contributed by atoms with Crippen molar-refractivity contribution in [3.05, 3.63) is 0 Å². The molecule has 0 aromatic rings. The molecule has 0 bridgehead atoms. The van der Waals surface area contributed by atoms with E-state index in [1.54, 1.807) is 6.92 Å². The molecule has 0 aliphatic heterocycles. The third kappa shape index (κ3) is 4.63. The number of carbonyl (C=O) groups excluding carboxylic acids is 1. The van der Waals surface area contributed by atoms with Crippen molar-refractivity contribution < 1.29 is 22.7 Å². The van der Waals surface area contributed by atoms with Gasteiger partial charge in [0, 0.05) is 0 Å². The van der Waals surface area contributed by atoms with E-state index >= 15 is 0 Å². The smallest absolute Gasteiger partial charge is 0.401 e. The van der Waals surface area contributed by atoms with Gasteiger partial charge < -0.3 is 10.5 Å². The van der Waals surface area contributed by atoms with Crippen molar-refractivity contribution in [3.8, 4) is 0 Å². The lowest BCUT2D eigenvalue weighted by Gasteiger charge is -2.30. The van der Waals surface area contributed by atoms with Gasteiger partial charge in [-0.25, -0.2) is 0 Å². The first-order valence-electron chi connectivity index (χ1n) is 6.90. The largest absolute Gasteiger partial charge is 0.465 e. The molecule has 0 aromatic heterocycles. The van der Waals surface area contributed by atoms with Crippen LogP contribution in [-0.2, 0) is 9.53 Å². The number of hydrogen-bond donors (Lipinski definition) is 1. The lowest BCUT2D eigenvalue weighted by Crippen LogP contribution is -2.52. The molecule has 2 N–H and O–H groups in total. The minimum atomic E-state index is -4.20. The Morgan fingerprint density at radius 2 is 2.15 bits per heavy atom. The summed E-state index contributed by atoms with van der Waals surface area (Å²) in [7, 11) is 1.42. The van der Waals surface area contributed by atoms with Gasteiger partial charge in [0.05, 0.1) is 13.2 Å². The van der Waals surface area contributed by atoms with Crippen LogP contribution in [0.3, 0.4) is 0 Å². The van der Waals surface area contributed by atoms with Crippen LogP contribution >= 0.6 is 0 Å². The number of rotatable bonds is 6. The summed E-state index contributed by atoms with van der Waals surface area (Å²) in [5.41, 5.74) is 5.10. The minimum Gasteiger partial charge on any atom is -0.465 e. The highest BCUT2D eigenvalue weighted by Gasteiger charge is 2.46. The molecular formula is C13H23F3N2O2. The van der Waals surface area contributed by atoms with Crippen LogP contribution in [0.2, 0.25) is 0 Å². The number of halogens is 3. The summed E-state index contributed by atoms with van der Waals surface area (Å²) in [6.07, 6.45) is -1.62. The fraction of sp³-hybridized carbons (Fsp3) is 0.923. The monoisotopic (exact) mass is 296 g/mol. The number of esters is 1. The Morgan fingerprint density at radius 1 is 1.50 bits per heavy atom. The van der Waals surface area contributed by atoms with E-state index in [-0.39, 0.29) is 19.1 Å². The van der Waals surface area contributed by atoms with Gasteiger partial charge in [0.2, 0.25) is 0 Å². The van der Waals surface area contributed by atoms with E-state index in [0.29, 0.717) is 12.8 Å². The Morgan fingerprint density at radius 3 is 2.70 bits per heavy atom. The minimum absolute atomic E-state index is 0.114. The first-order valence-corrected chi connectivity index (χ1v) is 6.90. The van der Waals surface area contributed by atoms with Crippen molar-refractivity contribution in [2.24, 2.45) is 11.7 Å². The highest BCUT2D eigenvalue weighted by molar-refractivity contribution is 5.81. The van der Waals surface area contributed by atoms with Crippen LogP contribution in [0, 0.1) is 5.92 Å². The summed E-state index contributed by atoms with van der Waals surface area (Å²) >= 11 is 0. The molecule has 0 aromatic carbocycles. The van der Waals surface area contributed by atoms with Crippen molar-refractivity contribution in [2.45, 2.75) is 44.3 Å². The number of ether oxygens (including phenoxy) is 1. The van der Waals surface area contributed by atoms with E-state index in [2.05, 4.69) is 0 Å². The second-order valence-corrected chi connectivity index (χ2v) is 5.49. The molecule has 20 heavy (non-hydrogen) atoms. The second kappa shape index (κ2) is 6.76. The van der Waals surface area contributed by atoms with Crippen LogP contribution in [0.5, 0.6) is 0 Å². The second-order valence-electron chi connectivity index (χ2n) is 5.49. The zero-order chi connectivity index (χ0) is 15.4. The van der Waals surface area contributed by atoms with E-state index in [1.807, 2.05) is 0 Å². The van der Waals surface area contributed by atoms with E-state index in [1.165, 1.54) is 11.9 Å². The van der Waals surface area contributed by atoms with Gasteiger partial charge in [-0.15, -0.1) is 0 Å². The first-order chi connectivity index (χ1) is 9.19. The maximum atomic E-state index is 12.2. The maximum Gasteiger partial charge on any atom is 0.401 e. The Kier molecular flexibility index (Phi) is 5.82. The number of carbonyl (C=O) groups is 1. The molecule has 1 aliphatic rings. The fourth-order valence-electron chi connectivity index (χ4n) is 2.80. The summed E-state index contributed by atoms with van der Waals surface area (Å²) in [6.45, 7) is 1.29. The summed E-state index contributed by atoms with van der Waals surface area (Å²) in [4.78, 5) is 13.1. The van der Waals surface area contributed by atoms with Crippen LogP contribution in [-0.4, -0.2) is 49.3 Å². The molecule has 0 radical (unpaired) electrons. The molecular weight excluding hydrogens is 273 g/mol. The third-order valence-corrected chi connectivity index (χ3v) is 3.84. The quantitative estimate of drug-likeness (QED) is 0.761.